The Hall–Kier alpha value is -0.640. The fraction of sp³-hybridized carbons (Fsp3) is 0.600. The van der Waals surface area contributed by atoms with E-state index in [2.05, 4.69) is 10.1 Å². The molecule has 0 aliphatic carbocycles. The van der Waals surface area contributed by atoms with Crippen molar-refractivity contribution in [3.8, 4) is 0 Å². The van der Waals surface area contributed by atoms with Crippen LogP contribution in [-0.2, 0) is 13.5 Å². The summed E-state index contributed by atoms with van der Waals surface area (Å²) in [6.07, 6.45) is 0.907. The molecule has 1 heterocycles. The minimum absolute atomic E-state index is 0.617. The van der Waals surface area contributed by atoms with Crippen molar-refractivity contribution >= 4 is 12.2 Å². The zero-order valence-electron chi connectivity index (χ0n) is 5.51. The number of hydrogen-bond acceptors (Lipinski definition) is 2. The summed E-state index contributed by atoms with van der Waals surface area (Å²) in [5.41, 5.74) is 0. The maximum Gasteiger partial charge on any atom is 0.215 e. The molecule has 4 heteroatoms. The summed E-state index contributed by atoms with van der Waals surface area (Å²) in [6.45, 7) is 2.04. The summed E-state index contributed by atoms with van der Waals surface area (Å²) >= 11 is 4.86. The van der Waals surface area contributed by atoms with Crippen LogP contribution >= 0.6 is 12.2 Å². The van der Waals surface area contributed by atoms with Gasteiger partial charge >= 0.3 is 0 Å². The predicted octanol–water partition coefficient (Wildman–Crippen LogP) is 1.04. The molecule has 0 unspecified atom stereocenters. The average Bonchev–Trinajstić information content (AvgIpc) is 2.13. The number of aromatic amines is 1. The molecular formula is C5H9N3S. The van der Waals surface area contributed by atoms with Gasteiger partial charge in [-0.25, -0.2) is 4.98 Å². The zero-order chi connectivity index (χ0) is 6.85. The van der Waals surface area contributed by atoms with Gasteiger partial charge in [-0.05, 0) is 12.2 Å². The summed E-state index contributed by atoms with van der Waals surface area (Å²) in [7, 11) is 1.86. The van der Waals surface area contributed by atoms with Crippen LogP contribution in [0.15, 0.2) is 0 Å². The number of nitrogens with zero attached hydrogens (tertiary/aromatic N) is 2. The molecule has 0 saturated heterocycles. The van der Waals surface area contributed by atoms with Crippen LogP contribution in [0.4, 0.5) is 0 Å². The van der Waals surface area contributed by atoms with E-state index in [0.29, 0.717) is 4.77 Å². The van der Waals surface area contributed by atoms with E-state index >= 15 is 0 Å². The lowest BCUT2D eigenvalue weighted by Gasteiger charge is -1.85. The highest BCUT2D eigenvalue weighted by molar-refractivity contribution is 7.71. The molecule has 0 aliphatic rings. The fourth-order valence-electron chi connectivity index (χ4n) is 0.615. The van der Waals surface area contributed by atoms with Crippen LogP contribution in [0.3, 0.4) is 0 Å². The highest BCUT2D eigenvalue weighted by Gasteiger charge is 1.92. The van der Waals surface area contributed by atoms with Gasteiger partial charge in [0.15, 0.2) is 0 Å². The molecule has 0 atom stereocenters. The SMILES string of the molecule is CCc1nc(=S)n(C)[nH]1. The molecule has 0 radical (unpaired) electrons. The van der Waals surface area contributed by atoms with Crippen molar-refractivity contribution < 1.29 is 0 Å². The van der Waals surface area contributed by atoms with Crippen molar-refractivity contribution in [1.82, 2.24) is 14.8 Å². The Morgan fingerprint density at radius 1 is 1.78 bits per heavy atom. The molecule has 0 aliphatic heterocycles. The maximum absolute atomic E-state index is 4.86. The minimum Gasteiger partial charge on any atom is -0.283 e. The number of hydrogen-bond donors (Lipinski definition) is 1. The van der Waals surface area contributed by atoms with Crippen molar-refractivity contribution in [2.45, 2.75) is 13.3 Å². The second-order valence-corrected chi connectivity index (χ2v) is 2.23. The van der Waals surface area contributed by atoms with Crippen LogP contribution < -0.4 is 0 Å². The second kappa shape index (κ2) is 2.31. The van der Waals surface area contributed by atoms with Crippen LogP contribution in [-0.4, -0.2) is 14.8 Å². The van der Waals surface area contributed by atoms with Crippen molar-refractivity contribution in [2.24, 2.45) is 7.05 Å². The van der Waals surface area contributed by atoms with E-state index in [1.807, 2.05) is 14.0 Å². The summed E-state index contributed by atoms with van der Waals surface area (Å²) in [6, 6.07) is 0. The molecule has 50 valence electrons. The first kappa shape index (κ1) is 6.48. The van der Waals surface area contributed by atoms with Gasteiger partial charge in [0, 0.05) is 13.5 Å². The molecular weight excluding hydrogens is 134 g/mol. The lowest BCUT2D eigenvalue weighted by atomic mass is 10.5. The molecule has 0 saturated carbocycles. The first-order valence-corrected chi connectivity index (χ1v) is 3.26. The highest BCUT2D eigenvalue weighted by atomic mass is 32.1. The number of H-pyrrole nitrogens is 1. The molecule has 1 aromatic heterocycles. The van der Waals surface area contributed by atoms with Crippen molar-refractivity contribution in [2.75, 3.05) is 0 Å². The van der Waals surface area contributed by atoms with Gasteiger partial charge in [-0.3, -0.25) is 9.78 Å². The molecule has 0 fully saturated rings. The van der Waals surface area contributed by atoms with Crippen LogP contribution in [0.1, 0.15) is 12.7 Å². The number of rotatable bonds is 1. The Labute approximate surface area is 58.7 Å². The summed E-state index contributed by atoms with van der Waals surface area (Å²) < 4.78 is 2.35. The minimum atomic E-state index is 0.617. The molecule has 1 aromatic rings. The molecule has 1 rings (SSSR count). The maximum atomic E-state index is 4.86. The highest BCUT2D eigenvalue weighted by Crippen LogP contribution is 1.89. The van der Waals surface area contributed by atoms with Gasteiger partial charge in [-0.1, -0.05) is 6.92 Å². The van der Waals surface area contributed by atoms with E-state index in [4.69, 9.17) is 12.2 Å². The van der Waals surface area contributed by atoms with E-state index < -0.39 is 0 Å². The fourth-order valence-corrected chi connectivity index (χ4v) is 0.771. The quantitative estimate of drug-likeness (QED) is 0.596. The van der Waals surface area contributed by atoms with Crippen LogP contribution in [0.25, 0.3) is 0 Å². The molecule has 0 amide bonds. The first-order chi connectivity index (χ1) is 4.24. The van der Waals surface area contributed by atoms with E-state index in [9.17, 15) is 0 Å². The Morgan fingerprint density at radius 2 is 2.44 bits per heavy atom. The monoisotopic (exact) mass is 143 g/mol. The van der Waals surface area contributed by atoms with Gasteiger partial charge in [0.1, 0.15) is 5.82 Å². The summed E-state index contributed by atoms with van der Waals surface area (Å²) in [5, 5.41) is 3.00. The van der Waals surface area contributed by atoms with Gasteiger partial charge in [0.2, 0.25) is 4.77 Å². The van der Waals surface area contributed by atoms with Gasteiger partial charge in [0.25, 0.3) is 0 Å². The Morgan fingerprint density at radius 3 is 2.67 bits per heavy atom. The van der Waals surface area contributed by atoms with Gasteiger partial charge < -0.3 is 0 Å². The van der Waals surface area contributed by atoms with Gasteiger partial charge in [-0.15, -0.1) is 0 Å². The van der Waals surface area contributed by atoms with Gasteiger partial charge in [0.05, 0.1) is 0 Å². The van der Waals surface area contributed by atoms with Crippen LogP contribution in [0.5, 0.6) is 0 Å². The number of nitrogens with one attached hydrogen (secondary N) is 1. The van der Waals surface area contributed by atoms with Crippen molar-refractivity contribution in [1.29, 1.82) is 0 Å². The zero-order valence-corrected chi connectivity index (χ0v) is 6.33. The van der Waals surface area contributed by atoms with E-state index in [1.54, 1.807) is 4.68 Å². The average molecular weight is 143 g/mol. The summed E-state index contributed by atoms with van der Waals surface area (Å²) in [5.74, 6) is 0.947. The lowest BCUT2D eigenvalue weighted by Crippen LogP contribution is -1.90. The largest absolute Gasteiger partial charge is 0.283 e. The Bertz CT molecular complexity index is 247. The van der Waals surface area contributed by atoms with E-state index in [-0.39, 0.29) is 0 Å². The molecule has 0 spiro atoms. The van der Waals surface area contributed by atoms with Crippen LogP contribution in [0.2, 0.25) is 0 Å². The number of aryl methyl sites for hydroxylation is 2. The smallest absolute Gasteiger partial charge is 0.215 e. The molecule has 1 N–H and O–H groups in total. The first-order valence-electron chi connectivity index (χ1n) is 2.86. The van der Waals surface area contributed by atoms with Gasteiger partial charge in [-0.2, -0.15) is 0 Å². The third-order valence-electron chi connectivity index (χ3n) is 1.15. The second-order valence-electron chi connectivity index (χ2n) is 1.87. The molecule has 0 aromatic carbocycles. The van der Waals surface area contributed by atoms with Crippen LogP contribution in [0, 0.1) is 4.77 Å². The lowest BCUT2D eigenvalue weighted by molar-refractivity contribution is 0.737. The topological polar surface area (TPSA) is 33.6 Å². The normalized spacial score (nSPS) is 10.0. The van der Waals surface area contributed by atoms with E-state index in [1.165, 1.54) is 0 Å². The molecule has 3 nitrogen and oxygen atoms in total. The molecule has 9 heavy (non-hydrogen) atoms. The standard InChI is InChI=1S/C5H9N3S/c1-3-4-6-5(9)8(2)7-4/h3H2,1-2H3,(H,6,7,9). The summed E-state index contributed by atoms with van der Waals surface area (Å²) in [4.78, 5) is 4.05. The van der Waals surface area contributed by atoms with Crippen molar-refractivity contribution in [3.05, 3.63) is 10.6 Å². The Balaban J connectivity index is 3.13. The third-order valence-corrected chi connectivity index (χ3v) is 1.51. The third kappa shape index (κ3) is 1.18. The van der Waals surface area contributed by atoms with E-state index in [0.717, 1.165) is 12.2 Å². The Kier molecular flexibility index (Phi) is 1.66. The van der Waals surface area contributed by atoms with Crippen molar-refractivity contribution in [3.63, 3.8) is 0 Å². The predicted molar refractivity (Wildman–Crippen MR) is 37.8 cm³/mol. The number of aromatic nitrogens is 3. The molecule has 0 bridgehead atoms.